The molecule has 1 aliphatic heterocycles. The fraction of sp³-hybridized carbons (Fsp3) is 0.526. The second kappa shape index (κ2) is 9.25. The Morgan fingerprint density at radius 2 is 1.78 bits per heavy atom. The van der Waals surface area contributed by atoms with E-state index in [4.69, 9.17) is 19.0 Å². The second-order valence-electron chi connectivity index (χ2n) is 6.67. The number of nitrogens with zero attached hydrogens (tertiary/aromatic N) is 2. The van der Waals surface area contributed by atoms with E-state index >= 15 is 0 Å². The van der Waals surface area contributed by atoms with Crippen LogP contribution in [0.5, 0.6) is 11.5 Å². The second-order valence-corrected chi connectivity index (χ2v) is 6.67. The van der Waals surface area contributed by atoms with Gasteiger partial charge >= 0.3 is 5.97 Å². The highest BCUT2D eigenvalue weighted by atomic mass is 16.7. The van der Waals surface area contributed by atoms with Crippen LogP contribution in [-0.4, -0.2) is 54.6 Å². The summed E-state index contributed by atoms with van der Waals surface area (Å²) in [7, 11) is 0. The minimum Gasteiger partial charge on any atom is -0.454 e. The molecule has 0 unspecified atom stereocenters. The Labute approximate surface area is 159 Å². The number of ether oxygens (including phenoxy) is 3. The van der Waals surface area contributed by atoms with Crippen LogP contribution in [-0.2, 0) is 19.2 Å². The fourth-order valence-corrected chi connectivity index (χ4v) is 2.79. The Bertz CT molecular complexity index is 706. The topological polar surface area (TPSA) is 86.7 Å². The fourth-order valence-electron chi connectivity index (χ4n) is 2.79. The monoisotopic (exact) mass is 378 g/mol. The van der Waals surface area contributed by atoms with E-state index in [9.17, 15) is 9.59 Å². The molecule has 0 bridgehead atoms. The molecule has 0 aliphatic carbocycles. The summed E-state index contributed by atoms with van der Waals surface area (Å²) in [5.74, 6) is 0.420. The van der Waals surface area contributed by atoms with E-state index in [-0.39, 0.29) is 38.0 Å². The Balaban J connectivity index is 1.80. The lowest BCUT2D eigenvalue weighted by Gasteiger charge is -2.30. The lowest BCUT2D eigenvalue weighted by atomic mass is 10.1. The first kappa shape index (κ1) is 20.5. The van der Waals surface area contributed by atoms with Gasteiger partial charge in [0.2, 0.25) is 13.4 Å². The van der Waals surface area contributed by atoms with Crippen LogP contribution in [0.2, 0.25) is 0 Å². The third-order valence-electron chi connectivity index (χ3n) is 3.93. The zero-order valence-corrected chi connectivity index (χ0v) is 16.4. The number of rotatable bonds is 8. The number of hydrogen-bond donors (Lipinski definition) is 0. The summed E-state index contributed by atoms with van der Waals surface area (Å²) in [6, 6.07) is 5.45. The van der Waals surface area contributed by atoms with Crippen molar-refractivity contribution in [2.75, 3.05) is 20.0 Å². The molecule has 0 N–H and O–H groups in total. The minimum atomic E-state index is -0.655. The van der Waals surface area contributed by atoms with Crippen LogP contribution in [0.3, 0.4) is 0 Å². The zero-order chi connectivity index (χ0) is 20.0. The Hall–Kier alpha value is -2.77. The zero-order valence-electron chi connectivity index (χ0n) is 16.4. The molecule has 8 nitrogen and oxygen atoms in total. The van der Waals surface area contributed by atoms with Gasteiger partial charge in [0.15, 0.2) is 18.1 Å². The van der Waals surface area contributed by atoms with E-state index in [0.717, 1.165) is 5.56 Å². The molecule has 0 aromatic heterocycles. The van der Waals surface area contributed by atoms with Crippen LogP contribution in [0.25, 0.3) is 0 Å². The van der Waals surface area contributed by atoms with Crippen molar-refractivity contribution in [2.45, 2.75) is 46.7 Å². The van der Waals surface area contributed by atoms with Crippen molar-refractivity contribution in [3.63, 3.8) is 0 Å². The first-order chi connectivity index (χ1) is 12.8. The molecular weight excluding hydrogens is 352 g/mol. The summed E-state index contributed by atoms with van der Waals surface area (Å²) in [6.45, 7) is 8.90. The number of amides is 1. The quantitative estimate of drug-likeness (QED) is 0.392. The number of hydrogen-bond acceptors (Lipinski definition) is 7. The summed E-state index contributed by atoms with van der Waals surface area (Å²) >= 11 is 0. The highest BCUT2D eigenvalue weighted by Crippen LogP contribution is 2.32. The molecule has 0 fully saturated rings. The standard InChI is InChI=1S/C19H26N2O6/c1-12(2)21(13(3)4)18(22)9-24-19(23)10-27-20-14(5)15-6-7-16-17(8-15)26-11-25-16/h6-8,12-13H,9-11H2,1-5H3. The lowest BCUT2D eigenvalue weighted by molar-refractivity contribution is -0.157. The van der Waals surface area contributed by atoms with Crippen LogP contribution < -0.4 is 9.47 Å². The first-order valence-corrected chi connectivity index (χ1v) is 8.83. The van der Waals surface area contributed by atoms with Gasteiger partial charge in [-0.05, 0) is 52.8 Å². The van der Waals surface area contributed by atoms with Crippen LogP contribution >= 0.6 is 0 Å². The van der Waals surface area contributed by atoms with Crippen molar-refractivity contribution in [3.05, 3.63) is 23.8 Å². The third-order valence-corrected chi connectivity index (χ3v) is 3.93. The Morgan fingerprint density at radius 1 is 1.11 bits per heavy atom. The maximum absolute atomic E-state index is 12.1. The van der Waals surface area contributed by atoms with Crippen molar-refractivity contribution in [1.82, 2.24) is 4.90 Å². The van der Waals surface area contributed by atoms with Crippen molar-refractivity contribution in [2.24, 2.45) is 5.16 Å². The molecule has 0 saturated carbocycles. The third kappa shape index (κ3) is 5.60. The number of esters is 1. The van der Waals surface area contributed by atoms with Crippen molar-refractivity contribution < 1.29 is 28.6 Å². The number of oxime groups is 1. The van der Waals surface area contributed by atoms with Gasteiger partial charge in [0.25, 0.3) is 5.91 Å². The van der Waals surface area contributed by atoms with Gasteiger partial charge in [-0.25, -0.2) is 4.79 Å². The van der Waals surface area contributed by atoms with Crippen LogP contribution in [0.1, 0.15) is 40.2 Å². The van der Waals surface area contributed by atoms with Gasteiger partial charge in [0.1, 0.15) is 0 Å². The summed E-state index contributed by atoms with van der Waals surface area (Å²) < 4.78 is 15.5. The van der Waals surface area contributed by atoms with Crippen LogP contribution in [0.4, 0.5) is 0 Å². The van der Waals surface area contributed by atoms with E-state index in [0.29, 0.717) is 17.2 Å². The molecule has 0 atom stereocenters. The largest absolute Gasteiger partial charge is 0.454 e. The number of carbonyl (C=O) groups excluding carboxylic acids is 2. The highest BCUT2D eigenvalue weighted by molar-refractivity contribution is 5.99. The first-order valence-electron chi connectivity index (χ1n) is 8.83. The van der Waals surface area contributed by atoms with Gasteiger partial charge in [-0.15, -0.1) is 0 Å². The smallest absolute Gasteiger partial charge is 0.347 e. The molecule has 1 heterocycles. The molecule has 2 rings (SSSR count). The molecule has 8 heteroatoms. The maximum Gasteiger partial charge on any atom is 0.347 e. The van der Waals surface area contributed by atoms with Gasteiger partial charge in [-0.3, -0.25) is 4.79 Å². The molecule has 1 amide bonds. The van der Waals surface area contributed by atoms with Crippen molar-refractivity contribution in [1.29, 1.82) is 0 Å². The van der Waals surface area contributed by atoms with Gasteiger partial charge in [0.05, 0.1) is 5.71 Å². The summed E-state index contributed by atoms with van der Waals surface area (Å²) in [4.78, 5) is 30.6. The van der Waals surface area contributed by atoms with E-state index in [1.807, 2.05) is 33.8 Å². The predicted octanol–water partition coefficient (Wildman–Crippen LogP) is 2.34. The summed E-state index contributed by atoms with van der Waals surface area (Å²) in [5, 5.41) is 3.90. The average Bonchev–Trinajstić information content (AvgIpc) is 3.06. The summed E-state index contributed by atoms with van der Waals surface area (Å²) in [6.07, 6.45) is 0. The van der Waals surface area contributed by atoms with Gasteiger partial charge in [-0.1, -0.05) is 5.16 Å². The molecule has 1 aromatic carbocycles. The van der Waals surface area contributed by atoms with Crippen molar-refractivity contribution >= 4 is 17.6 Å². The minimum absolute atomic E-state index is 0.0291. The molecule has 0 saturated heterocycles. The van der Waals surface area contributed by atoms with Gasteiger partial charge < -0.3 is 23.9 Å². The molecular formula is C19H26N2O6. The van der Waals surface area contributed by atoms with E-state index in [1.54, 1.807) is 24.0 Å². The average molecular weight is 378 g/mol. The van der Waals surface area contributed by atoms with Crippen molar-refractivity contribution in [3.8, 4) is 11.5 Å². The maximum atomic E-state index is 12.1. The lowest BCUT2D eigenvalue weighted by Crippen LogP contribution is -2.44. The predicted molar refractivity (Wildman–Crippen MR) is 98.8 cm³/mol. The van der Waals surface area contributed by atoms with E-state index in [2.05, 4.69) is 5.16 Å². The SMILES string of the molecule is CC(=NOCC(=O)OCC(=O)N(C(C)C)C(C)C)c1ccc2c(c1)OCO2. The molecule has 148 valence electrons. The highest BCUT2D eigenvalue weighted by Gasteiger charge is 2.21. The Kier molecular flexibility index (Phi) is 7.04. The van der Waals surface area contributed by atoms with Crippen LogP contribution in [0, 0.1) is 0 Å². The normalized spacial score (nSPS) is 13.1. The number of carbonyl (C=O) groups is 2. The molecule has 27 heavy (non-hydrogen) atoms. The molecule has 1 aromatic rings. The van der Waals surface area contributed by atoms with Gasteiger partial charge in [-0.2, -0.15) is 0 Å². The summed E-state index contributed by atoms with van der Waals surface area (Å²) in [5.41, 5.74) is 1.36. The van der Waals surface area contributed by atoms with E-state index in [1.165, 1.54) is 0 Å². The number of fused-ring (bicyclic) bond motifs is 1. The molecule has 1 aliphatic rings. The Morgan fingerprint density at radius 3 is 2.44 bits per heavy atom. The number of benzene rings is 1. The van der Waals surface area contributed by atoms with Gasteiger partial charge in [0, 0.05) is 17.6 Å². The molecule has 0 radical (unpaired) electrons. The van der Waals surface area contributed by atoms with Crippen LogP contribution in [0.15, 0.2) is 23.4 Å². The van der Waals surface area contributed by atoms with E-state index < -0.39 is 5.97 Å². The molecule has 0 spiro atoms.